The lowest BCUT2D eigenvalue weighted by atomic mass is 10.1. The molecule has 0 unspecified atom stereocenters. The predicted molar refractivity (Wildman–Crippen MR) is 61.8 cm³/mol. The molecule has 92 valence electrons. The zero-order chi connectivity index (χ0) is 13.0. The van der Waals surface area contributed by atoms with Crippen molar-refractivity contribution in [1.29, 1.82) is 0 Å². The maximum absolute atomic E-state index is 11.3. The third-order valence-corrected chi connectivity index (χ3v) is 2.16. The van der Waals surface area contributed by atoms with Gasteiger partial charge in [0.2, 0.25) is 0 Å². The van der Waals surface area contributed by atoms with Gasteiger partial charge >= 0.3 is 5.97 Å². The van der Waals surface area contributed by atoms with E-state index in [0.717, 1.165) is 5.56 Å². The Morgan fingerprint density at radius 1 is 1.47 bits per heavy atom. The van der Waals surface area contributed by atoms with Gasteiger partial charge in [-0.05, 0) is 25.7 Å². The SMILES string of the molecule is COC(=O)c1ccc(CN(C)C)cc1[N+](=O)[O-]. The Balaban J connectivity index is 3.17. The van der Waals surface area contributed by atoms with Gasteiger partial charge < -0.3 is 9.64 Å². The second-order valence-electron chi connectivity index (χ2n) is 3.84. The maximum atomic E-state index is 11.3. The first-order chi connectivity index (χ1) is 7.95. The first-order valence-electron chi connectivity index (χ1n) is 4.96. The lowest BCUT2D eigenvalue weighted by molar-refractivity contribution is -0.385. The van der Waals surface area contributed by atoms with Gasteiger partial charge in [-0.25, -0.2) is 4.79 Å². The Bertz CT molecular complexity index is 443. The molecule has 0 heterocycles. The Labute approximate surface area is 98.9 Å². The van der Waals surface area contributed by atoms with Crippen LogP contribution in [0.25, 0.3) is 0 Å². The minimum absolute atomic E-state index is 0.0278. The predicted octanol–water partition coefficient (Wildman–Crippen LogP) is 1.44. The van der Waals surface area contributed by atoms with E-state index in [2.05, 4.69) is 4.74 Å². The van der Waals surface area contributed by atoms with Gasteiger partial charge in [-0.3, -0.25) is 10.1 Å². The highest BCUT2D eigenvalue weighted by Gasteiger charge is 2.21. The molecule has 0 aromatic heterocycles. The summed E-state index contributed by atoms with van der Waals surface area (Å²) in [4.78, 5) is 23.5. The molecule has 0 radical (unpaired) electrons. The van der Waals surface area contributed by atoms with Gasteiger partial charge in [-0.2, -0.15) is 0 Å². The van der Waals surface area contributed by atoms with Crippen molar-refractivity contribution in [2.45, 2.75) is 6.54 Å². The van der Waals surface area contributed by atoms with Crippen LogP contribution >= 0.6 is 0 Å². The smallest absolute Gasteiger partial charge is 0.344 e. The Morgan fingerprint density at radius 3 is 2.59 bits per heavy atom. The molecule has 0 amide bonds. The highest BCUT2D eigenvalue weighted by Crippen LogP contribution is 2.21. The molecule has 6 heteroatoms. The van der Waals surface area contributed by atoms with Crippen LogP contribution in [-0.4, -0.2) is 37.0 Å². The summed E-state index contributed by atoms with van der Waals surface area (Å²) >= 11 is 0. The summed E-state index contributed by atoms with van der Waals surface area (Å²) in [5.41, 5.74) is 0.519. The zero-order valence-corrected chi connectivity index (χ0v) is 9.97. The molecule has 0 saturated carbocycles. The average Bonchev–Trinajstić information content (AvgIpc) is 2.27. The highest BCUT2D eigenvalue weighted by atomic mass is 16.6. The number of carbonyl (C=O) groups excluding carboxylic acids is 1. The topological polar surface area (TPSA) is 72.7 Å². The van der Waals surface area contributed by atoms with E-state index in [0.29, 0.717) is 6.54 Å². The third kappa shape index (κ3) is 3.25. The summed E-state index contributed by atoms with van der Waals surface area (Å²) in [5.74, 6) is -0.701. The van der Waals surface area contributed by atoms with Crippen molar-refractivity contribution in [1.82, 2.24) is 4.90 Å². The average molecular weight is 238 g/mol. The Hall–Kier alpha value is -1.95. The van der Waals surface area contributed by atoms with Crippen LogP contribution in [0, 0.1) is 10.1 Å². The van der Waals surface area contributed by atoms with Crippen molar-refractivity contribution in [2.24, 2.45) is 0 Å². The number of nitrogens with zero attached hydrogens (tertiary/aromatic N) is 2. The van der Waals surface area contributed by atoms with Crippen molar-refractivity contribution >= 4 is 11.7 Å². The number of benzene rings is 1. The van der Waals surface area contributed by atoms with Crippen molar-refractivity contribution in [3.8, 4) is 0 Å². The first kappa shape index (κ1) is 13.1. The van der Waals surface area contributed by atoms with E-state index in [1.54, 1.807) is 6.07 Å². The number of nitro groups is 1. The van der Waals surface area contributed by atoms with Crippen LogP contribution in [0.1, 0.15) is 15.9 Å². The second-order valence-corrected chi connectivity index (χ2v) is 3.84. The van der Waals surface area contributed by atoms with Gasteiger partial charge in [-0.1, -0.05) is 6.07 Å². The van der Waals surface area contributed by atoms with Gasteiger partial charge in [0.15, 0.2) is 0 Å². The Kier molecular flexibility index (Phi) is 4.17. The summed E-state index contributed by atoms with van der Waals surface area (Å²) in [7, 11) is 4.92. The normalized spacial score (nSPS) is 10.4. The number of ether oxygens (including phenoxy) is 1. The summed E-state index contributed by atoms with van der Waals surface area (Å²) in [5, 5.41) is 10.9. The van der Waals surface area contributed by atoms with E-state index in [1.807, 2.05) is 19.0 Å². The van der Waals surface area contributed by atoms with E-state index in [9.17, 15) is 14.9 Å². The van der Waals surface area contributed by atoms with Crippen LogP contribution in [0.5, 0.6) is 0 Å². The minimum Gasteiger partial charge on any atom is -0.465 e. The van der Waals surface area contributed by atoms with E-state index in [-0.39, 0.29) is 11.3 Å². The van der Waals surface area contributed by atoms with E-state index >= 15 is 0 Å². The first-order valence-corrected chi connectivity index (χ1v) is 4.96. The second kappa shape index (κ2) is 5.40. The highest BCUT2D eigenvalue weighted by molar-refractivity contribution is 5.93. The molecule has 0 atom stereocenters. The number of carbonyl (C=O) groups is 1. The maximum Gasteiger partial charge on any atom is 0.344 e. The van der Waals surface area contributed by atoms with Crippen molar-refractivity contribution < 1.29 is 14.5 Å². The van der Waals surface area contributed by atoms with Gasteiger partial charge in [-0.15, -0.1) is 0 Å². The molecule has 0 spiro atoms. The third-order valence-electron chi connectivity index (χ3n) is 2.16. The summed E-state index contributed by atoms with van der Waals surface area (Å²) in [6.07, 6.45) is 0. The summed E-state index contributed by atoms with van der Waals surface area (Å²) in [6, 6.07) is 4.49. The molecule has 6 nitrogen and oxygen atoms in total. The van der Waals surface area contributed by atoms with E-state index < -0.39 is 10.9 Å². The van der Waals surface area contributed by atoms with E-state index in [4.69, 9.17) is 0 Å². The monoisotopic (exact) mass is 238 g/mol. The van der Waals surface area contributed by atoms with Gasteiger partial charge in [0.05, 0.1) is 12.0 Å². The van der Waals surface area contributed by atoms with Gasteiger partial charge in [0, 0.05) is 12.6 Å². The minimum atomic E-state index is -0.701. The number of esters is 1. The number of methoxy groups -OCH3 is 1. The van der Waals surface area contributed by atoms with E-state index in [1.165, 1.54) is 19.2 Å². The molecule has 1 aromatic rings. The van der Waals surface area contributed by atoms with Crippen LogP contribution < -0.4 is 0 Å². The molecule has 0 fully saturated rings. The van der Waals surface area contributed by atoms with Crippen LogP contribution in [0.2, 0.25) is 0 Å². The fourth-order valence-corrected chi connectivity index (χ4v) is 1.47. The fourth-order valence-electron chi connectivity index (χ4n) is 1.47. The van der Waals surface area contributed by atoms with Crippen LogP contribution in [0.3, 0.4) is 0 Å². The molecular weight excluding hydrogens is 224 g/mol. The quantitative estimate of drug-likeness (QED) is 0.451. The van der Waals surface area contributed by atoms with Crippen LogP contribution in [0.15, 0.2) is 18.2 Å². The lowest BCUT2D eigenvalue weighted by Gasteiger charge is -2.10. The van der Waals surface area contributed by atoms with Crippen molar-refractivity contribution in [3.63, 3.8) is 0 Å². The summed E-state index contributed by atoms with van der Waals surface area (Å²) < 4.78 is 4.49. The number of rotatable bonds is 4. The molecule has 0 aliphatic carbocycles. The van der Waals surface area contributed by atoms with Gasteiger partial charge in [0.25, 0.3) is 5.69 Å². The number of hydrogen-bond acceptors (Lipinski definition) is 5. The Morgan fingerprint density at radius 2 is 2.12 bits per heavy atom. The fraction of sp³-hybridized carbons (Fsp3) is 0.364. The van der Waals surface area contributed by atoms with Crippen LogP contribution in [-0.2, 0) is 11.3 Å². The lowest BCUT2D eigenvalue weighted by Crippen LogP contribution is -2.12. The molecule has 1 aromatic carbocycles. The largest absolute Gasteiger partial charge is 0.465 e. The molecule has 0 bridgehead atoms. The molecule has 0 aliphatic rings. The van der Waals surface area contributed by atoms with Crippen LogP contribution in [0.4, 0.5) is 5.69 Å². The molecule has 0 saturated heterocycles. The molecule has 0 aliphatic heterocycles. The van der Waals surface area contributed by atoms with Gasteiger partial charge in [0.1, 0.15) is 5.56 Å². The van der Waals surface area contributed by atoms with Crippen molar-refractivity contribution in [3.05, 3.63) is 39.4 Å². The molecule has 1 rings (SSSR count). The number of hydrogen-bond donors (Lipinski definition) is 0. The molecule has 0 N–H and O–H groups in total. The molecular formula is C11H14N2O4. The molecule has 17 heavy (non-hydrogen) atoms. The standard InChI is InChI=1S/C11H14N2O4/c1-12(2)7-8-4-5-9(11(14)17-3)10(6-8)13(15)16/h4-6H,7H2,1-3H3. The zero-order valence-electron chi connectivity index (χ0n) is 9.97. The number of nitro benzene ring substituents is 1. The summed E-state index contributed by atoms with van der Waals surface area (Å²) in [6.45, 7) is 0.572. The van der Waals surface area contributed by atoms with Crippen molar-refractivity contribution in [2.75, 3.05) is 21.2 Å².